The largest absolute Gasteiger partial charge is 0.453 e. The normalized spacial score (nSPS) is 19.1. The Morgan fingerprint density at radius 1 is 1.73 bits per heavy atom. The van der Waals surface area contributed by atoms with Crippen molar-refractivity contribution in [3.8, 4) is 0 Å². The van der Waals surface area contributed by atoms with Crippen LogP contribution in [0.25, 0.3) is 0 Å². The van der Waals surface area contributed by atoms with Crippen LogP contribution in [0.5, 0.6) is 0 Å². The van der Waals surface area contributed by atoms with E-state index in [0.29, 0.717) is 12.0 Å². The van der Waals surface area contributed by atoms with Crippen LogP contribution in [0.2, 0.25) is 0 Å². The van der Waals surface area contributed by atoms with E-state index >= 15 is 0 Å². The predicted octanol–water partition coefficient (Wildman–Crippen LogP) is 1.53. The van der Waals surface area contributed by atoms with Crippen LogP contribution in [0.3, 0.4) is 0 Å². The van der Waals surface area contributed by atoms with Crippen LogP contribution >= 0.6 is 0 Å². The molecular formula is C8H15NO2. The lowest BCUT2D eigenvalue weighted by molar-refractivity contribution is 0.164. The minimum absolute atomic E-state index is 0.302. The number of carbonyl (C=O) groups is 1. The molecule has 11 heavy (non-hydrogen) atoms. The minimum atomic E-state index is -0.302. The molecule has 0 heterocycles. The molecule has 1 amide bonds. The first-order valence-corrected chi connectivity index (χ1v) is 4.12. The first-order chi connectivity index (χ1) is 5.27. The van der Waals surface area contributed by atoms with Crippen molar-refractivity contribution in [1.82, 2.24) is 5.32 Å². The van der Waals surface area contributed by atoms with E-state index < -0.39 is 0 Å². The Kier molecular flexibility index (Phi) is 2.74. The molecule has 3 heteroatoms. The third-order valence-electron chi connectivity index (χ3n) is 2.12. The lowest BCUT2D eigenvalue weighted by Gasteiger charge is -2.14. The highest BCUT2D eigenvalue weighted by Crippen LogP contribution is 2.33. The molecule has 1 aliphatic carbocycles. The summed E-state index contributed by atoms with van der Waals surface area (Å²) in [6.45, 7) is 2.08. The van der Waals surface area contributed by atoms with E-state index in [9.17, 15) is 4.79 Å². The average Bonchev–Trinajstić information content (AvgIpc) is 2.82. The highest BCUT2D eigenvalue weighted by atomic mass is 16.5. The standard InChI is InChI=1S/C8H15NO2/c1-3-7(6-4-5-6)9-8(10)11-2/h6-7H,3-5H2,1-2H3,(H,9,10)/t7-/m1/s1. The van der Waals surface area contributed by atoms with Crippen LogP contribution in [-0.4, -0.2) is 19.2 Å². The molecule has 0 aromatic heterocycles. The summed E-state index contributed by atoms with van der Waals surface area (Å²) in [5, 5.41) is 2.82. The Balaban J connectivity index is 2.25. The molecular weight excluding hydrogens is 142 g/mol. The van der Waals surface area contributed by atoms with E-state index in [-0.39, 0.29) is 6.09 Å². The van der Waals surface area contributed by atoms with E-state index in [1.807, 2.05) is 0 Å². The summed E-state index contributed by atoms with van der Waals surface area (Å²) in [6, 6.07) is 0.336. The fourth-order valence-corrected chi connectivity index (χ4v) is 1.26. The fraction of sp³-hybridized carbons (Fsp3) is 0.875. The Labute approximate surface area is 67.1 Å². The van der Waals surface area contributed by atoms with Gasteiger partial charge in [0, 0.05) is 6.04 Å². The first-order valence-electron chi connectivity index (χ1n) is 4.12. The lowest BCUT2D eigenvalue weighted by atomic mass is 10.1. The van der Waals surface area contributed by atoms with Gasteiger partial charge in [0.1, 0.15) is 0 Å². The average molecular weight is 157 g/mol. The second-order valence-corrected chi connectivity index (χ2v) is 2.99. The maximum Gasteiger partial charge on any atom is 0.407 e. The Morgan fingerprint density at radius 3 is 2.73 bits per heavy atom. The van der Waals surface area contributed by atoms with Crippen LogP contribution < -0.4 is 5.32 Å². The lowest BCUT2D eigenvalue weighted by Crippen LogP contribution is -2.35. The molecule has 1 fully saturated rings. The number of nitrogens with one attached hydrogen (secondary N) is 1. The van der Waals surface area contributed by atoms with Gasteiger partial charge in [0.15, 0.2) is 0 Å². The van der Waals surface area contributed by atoms with E-state index in [0.717, 1.165) is 6.42 Å². The van der Waals surface area contributed by atoms with E-state index in [1.165, 1.54) is 20.0 Å². The van der Waals surface area contributed by atoms with Gasteiger partial charge in [-0.25, -0.2) is 4.79 Å². The Bertz CT molecular complexity index is 143. The van der Waals surface area contributed by atoms with Crippen molar-refractivity contribution < 1.29 is 9.53 Å². The fourth-order valence-electron chi connectivity index (χ4n) is 1.26. The third kappa shape index (κ3) is 2.41. The number of methoxy groups -OCH3 is 1. The third-order valence-corrected chi connectivity index (χ3v) is 2.12. The number of carbonyl (C=O) groups excluding carboxylic acids is 1. The van der Waals surface area contributed by atoms with Gasteiger partial charge < -0.3 is 10.1 Å². The number of hydrogen-bond donors (Lipinski definition) is 1. The molecule has 0 aliphatic heterocycles. The smallest absolute Gasteiger partial charge is 0.407 e. The summed E-state index contributed by atoms with van der Waals surface area (Å²) in [4.78, 5) is 10.8. The minimum Gasteiger partial charge on any atom is -0.453 e. The Morgan fingerprint density at radius 2 is 2.36 bits per heavy atom. The summed E-state index contributed by atoms with van der Waals surface area (Å²) >= 11 is 0. The molecule has 64 valence electrons. The maximum absolute atomic E-state index is 10.8. The number of rotatable bonds is 3. The maximum atomic E-state index is 10.8. The molecule has 0 spiro atoms. The van der Waals surface area contributed by atoms with Crippen molar-refractivity contribution in [3.05, 3.63) is 0 Å². The van der Waals surface area contributed by atoms with E-state index in [1.54, 1.807) is 0 Å². The molecule has 0 aromatic rings. The molecule has 1 aliphatic rings. The van der Waals surface area contributed by atoms with Crippen molar-refractivity contribution in [2.24, 2.45) is 5.92 Å². The molecule has 1 saturated carbocycles. The van der Waals surface area contributed by atoms with Crippen molar-refractivity contribution in [2.75, 3.05) is 7.11 Å². The number of hydrogen-bond acceptors (Lipinski definition) is 2. The molecule has 1 rings (SSSR count). The van der Waals surface area contributed by atoms with Crippen molar-refractivity contribution in [3.63, 3.8) is 0 Å². The quantitative estimate of drug-likeness (QED) is 0.674. The van der Waals surface area contributed by atoms with Crippen LogP contribution in [0, 0.1) is 5.92 Å². The Hall–Kier alpha value is -0.730. The first kappa shape index (κ1) is 8.37. The van der Waals surface area contributed by atoms with Crippen LogP contribution in [0.15, 0.2) is 0 Å². The molecule has 0 saturated heterocycles. The zero-order valence-corrected chi connectivity index (χ0v) is 7.09. The van der Waals surface area contributed by atoms with Gasteiger partial charge in [-0.1, -0.05) is 6.92 Å². The van der Waals surface area contributed by atoms with Gasteiger partial charge in [-0.2, -0.15) is 0 Å². The second-order valence-electron chi connectivity index (χ2n) is 2.99. The SMILES string of the molecule is CC[C@@H](NC(=O)OC)C1CC1. The highest BCUT2D eigenvalue weighted by Gasteiger charge is 2.30. The van der Waals surface area contributed by atoms with Crippen LogP contribution in [0.1, 0.15) is 26.2 Å². The molecule has 3 nitrogen and oxygen atoms in total. The van der Waals surface area contributed by atoms with Crippen LogP contribution in [-0.2, 0) is 4.74 Å². The molecule has 1 atom stereocenters. The predicted molar refractivity (Wildman–Crippen MR) is 42.3 cm³/mol. The highest BCUT2D eigenvalue weighted by molar-refractivity contribution is 5.67. The van der Waals surface area contributed by atoms with Gasteiger partial charge in [-0.15, -0.1) is 0 Å². The van der Waals surface area contributed by atoms with Gasteiger partial charge in [0.05, 0.1) is 7.11 Å². The second kappa shape index (κ2) is 3.60. The molecule has 0 bridgehead atoms. The van der Waals surface area contributed by atoms with Gasteiger partial charge in [-0.3, -0.25) is 0 Å². The van der Waals surface area contributed by atoms with Crippen molar-refractivity contribution >= 4 is 6.09 Å². The molecule has 1 N–H and O–H groups in total. The molecule has 0 unspecified atom stereocenters. The van der Waals surface area contributed by atoms with Crippen molar-refractivity contribution in [1.29, 1.82) is 0 Å². The summed E-state index contributed by atoms with van der Waals surface area (Å²) < 4.78 is 4.51. The number of amides is 1. The summed E-state index contributed by atoms with van der Waals surface area (Å²) in [5.74, 6) is 0.707. The van der Waals surface area contributed by atoms with Gasteiger partial charge in [0.2, 0.25) is 0 Å². The summed E-state index contributed by atoms with van der Waals surface area (Å²) in [6.07, 6.45) is 3.20. The zero-order valence-electron chi connectivity index (χ0n) is 7.09. The zero-order chi connectivity index (χ0) is 8.27. The van der Waals surface area contributed by atoms with E-state index in [2.05, 4.69) is 17.0 Å². The monoisotopic (exact) mass is 157 g/mol. The van der Waals surface area contributed by atoms with Gasteiger partial charge in [0.25, 0.3) is 0 Å². The van der Waals surface area contributed by atoms with Gasteiger partial charge >= 0.3 is 6.09 Å². The van der Waals surface area contributed by atoms with E-state index in [4.69, 9.17) is 0 Å². The summed E-state index contributed by atoms with van der Waals surface area (Å²) in [7, 11) is 1.40. The van der Waals surface area contributed by atoms with Crippen molar-refractivity contribution in [2.45, 2.75) is 32.2 Å². The molecule has 0 aromatic carbocycles. The topological polar surface area (TPSA) is 38.3 Å². The number of alkyl carbamates (subject to hydrolysis) is 1. The van der Waals surface area contributed by atoms with Gasteiger partial charge in [-0.05, 0) is 25.2 Å². The molecule has 0 radical (unpaired) electrons. The van der Waals surface area contributed by atoms with Crippen LogP contribution in [0.4, 0.5) is 4.79 Å². The number of ether oxygens (including phenoxy) is 1. The summed E-state index contributed by atoms with van der Waals surface area (Å²) in [5.41, 5.74) is 0.